The molecule has 1 heterocycles. The fourth-order valence-electron chi connectivity index (χ4n) is 2.56. The first-order valence-corrected chi connectivity index (χ1v) is 7.38. The zero-order chi connectivity index (χ0) is 14.7. The quantitative estimate of drug-likeness (QED) is 0.629. The van der Waals surface area contributed by atoms with E-state index in [1.807, 2.05) is 36.4 Å². The topological polar surface area (TPSA) is 20.3 Å². The van der Waals surface area contributed by atoms with E-state index in [2.05, 4.69) is 17.1 Å². The van der Waals surface area contributed by atoms with Crippen LogP contribution in [-0.2, 0) is 6.54 Å². The molecule has 0 N–H and O–H groups in total. The number of benzene rings is 2. The van der Waals surface area contributed by atoms with Gasteiger partial charge in [-0.3, -0.25) is 9.69 Å². The van der Waals surface area contributed by atoms with Gasteiger partial charge in [0.1, 0.15) is 0 Å². The Morgan fingerprint density at radius 1 is 0.952 bits per heavy atom. The maximum Gasteiger partial charge on any atom is 0.194 e. The molecule has 0 saturated carbocycles. The highest BCUT2D eigenvalue weighted by Crippen LogP contribution is 2.22. The van der Waals surface area contributed by atoms with Gasteiger partial charge in [0.15, 0.2) is 5.78 Å². The molecule has 0 unspecified atom stereocenters. The SMILES string of the molecule is O=C(c1ccccc1Cl)c1ccccc1CN1CC=CC1. The van der Waals surface area contributed by atoms with Crippen LogP contribution in [0.4, 0.5) is 0 Å². The Morgan fingerprint density at radius 3 is 2.29 bits per heavy atom. The molecule has 2 aromatic carbocycles. The van der Waals surface area contributed by atoms with Crippen molar-refractivity contribution in [1.82, 2.24) is 4.90 Å². The molecule has 0 radical (unpaired) electrons. The second-order valence-electron chi connectivity index (χ2n) is 5.13. The Kier molecular flexibility index (Phi) is 4.18. The molecule has 0 fully saturated rings. The third-order valence-electron chi connectivity index (χ3n) is 3.67. The van der Waals surface area contributed by atoms with E-state index in [-0.39, 0.29) is 5.78 Å². The molecule has 0 spiro atoms. The molecule has 3 heteroatoms. The minimum absolute atomic E-state index is 0.0108. The minimum atomic E-state index is -0.0108. The van der Waals surface area contributed by atoms with Gasteiger partial charge >= 0.3 is 0 Å². The molecular weight excluding hydrogens is 282 g/mol. The molecule has 0 bridgehead atoms. The molecule has 2 nitrogen and oxygen atoms in total. The maximum atomic E-state index is 12.7. The van der Waals surface area contributed by atoms with E-state index in [1.165, 1.54) is 0 Å². The first kappa shape index (κ1) is 14.1. The van der Waals surface area contributed by atoms with Gasteiger partial charge < -0.3 is 0 Å². The number of hydrogen-bond donors (Lipinski definition) is 0. The fourth-order valence-corrected chi connectivity index (χ4v) is 2.78. The van der Waals surface area contributed by atoms with Crippen LogP contribution in [0.15, 0.2) is 60.7 Å². The van der Waals surface area contributed by atoms with Crippen LogP contribution in [0, 0.1) is 0 Å². The third-order valence-corrected chi connectivity index (χ3v) is 4.00. The molecule has 2 aromatic rings. The highest BCUT2D eigenvalue weighted by Gasteiger charge is 2.17. The van der Waals surface area contributed by atoms with Crippen molar-refractivity contribution in [2.24, 2.45) is 0 Å². The van der Waals surface area contributed by atoms with Gasteiger partial charge in [-0.25, -0.2) is 0 Å². The standard InChI is InChI=1S/C18H16ClNO/c19-17-10-4-3-9-16(17)18(21)15-8-2-1-7-14(15)13-20-11-5-6-12-20/h1-10H,11-13H2. The minimum Gasteiger partial charge on any atom is -0.292 e. The number of carbonyl (C=O) groups is 1. The predicted molar refractivity (Wildman–Crippen MR) is 85.7 cm³/mol. The van der Waals surface area contributed by atoms with Crippen molar-refractivity contribution < 1.29 is 4.79 Å². The molecule has 0 atom stereocenters. The zero-order valence-electron chi connectivity index (χ0n) is 11.6. The van der Waals surface area contributed by atoms with Crippen LogP contribution in [-0.4, -0.2) is 23.8 Å². The number of halogens is 1. The number of hydrogen-bond acceptors (Lipinski definition) is 2. The van der Waals surface area contributed by atoms with Gasteiger partial charge in [0.2, 0.25) is 0 Å². The van der Waals surface area contributed by atoms with E-state index in [0.29, 0.717) is 10.6 Å². The van der Waals surface area contributed by atoms with Crippen molar-refractivity contribution in [2.75, 3.05) is 13.1 Å². The summed E-state index contributed by atoms with van der Waals surface area (Å²) in [6.45, 7) is 2.66. The third kappa shape index (κ3) is 3.07. The van der Waals surface area contributed by atoms with Gasteiger partial charge in [0.05, 0.1) is 5.02 Å². The second kappa shape index (κ2) is 6.25. The number of rotatable bonds is 4. The van der Waals surface area contributed by atoms with E-state index in [9.17, 15) is 4.79 Å². The van der Waals surface area contributed by atoms with E-state index < -0.39 is 0 Å². The summed E-state index contributed by atoms with van der Waals surface area (Å²) in [5, 5.41) is 0.500. The largest absolute Gasteiger partial charge is 0.292 e. The van der Waals surface area contributed by atoms with Crippen molar-refractivity contribution in [3.8, 4) is 0 Å². The van der Waals surface area contributed by atoms with Gasteiger partial charge in [-0.1, -0.05) is 60.2 Å². The van der Waals surface area contributed by atoms with Gasteiger partial charge in [-0.2, -0.15) is 0 Å². The summed E-state index contributed by atoms with van der Waals surface area (Å²) >= 11 is 6.15. The molecule has 1 aliphatic rings. The number of ketones is 1. The average Bonchev–Trinajstić information content (AvgIpc) is 3.01. The Hall–Kier alpha value is -1.90. The molecule has 0 aromatic heterocycles. The summed E-state index contributed by atoms with van der Waals surface area (Å²) in [7, 11) is 0. The Labute approximate surface area is 129 Å². The van der Waals surface area contributed by atoms with E-state index in [4.69, 9.17) is 11.6 Å². The lowest BCUT2D eigenvalue weighted by molar-refractivity contribution is 0.103. The number of nitrogens with zero attached hydrogens (tertiary/aromatic N) is 1. The normalized spacial score (nSPS) is 14.5. The van der Waals surface area contributed by atoms with Gasteiger partial charge in [-0.15, -0.1) is 0 Å². The van der Waals surface area contributed by atoms with Crippen molar-refractivity contribution in [3.63, 3.8) is 0 Å². The molecule has 0 saturated heterocycles. The molecule has 3 rings (SSSR count). The van der Waals surface area contributed by atoms with Crippen LogP contribution in [0.1, 0.15) is 21.5 Å². The summed E-state index contributed by atoms with van der Waals surface area (Å²) in [5.74, 6) is -0.0108. The van der Waals surface area contributed by atoms with Crippen molar-refractivity contribution in [1.29, 1.82) is 0 Å². The Balaban J connectivity index is 1.91. The maximum absolute atomic E-state index is 12.7. The first-order valence-electron chi connectivity index (χ1n) is 7.00. The van der Waals surface area contributed by atoms with Crippen LogP contribution >= 0.6 is 11.6 Å². The smallest absolute Gasteiger partial charge is 0.194 e. The summed E-state index contributed by atoms with van der Waals surface area (Å²) in [4.78, 5) is 15.0. The lowest BCUT2D eigenvalue weighted by Crippen LogP contribution is -2.21. The molecule has 21 heavy (non-hydrogen) atoms. The van der Waals surface area contributed by atoms with Gasteiger partial charge in [0.25, 0.3) is 0 Å². The van der Waals surface area contributed by atoms with E-state index >= 15 is 0 Å². The van der Waals surface area contributed by atoms with Crippen LogP contribution in [0.2, 0.25) is 5.02 Å². The predicted octanol–water partition coefficient (Wildman–Crippen LogP) is 3.94. The summed E-state index contributed by atoms with van der Waals surface area (Å²) in [6.07, 6.45) is 4.30. The fraction of sp³-hybridized carbons (Fsp3) is 0.167. The molecule has 0 aliphatic carbocycles. The average molecular weight is 298 g/mol. The highest BCUT2D eigenvalue weighted by molar-refractivity contribution is 6.35. The molecule has 106 valence electrons. The van der Waals surface area contributed by atoms with Gasteiger partial charge in [0, 0.05) is 30.8 Å². The van der Waals surface area contributed by atoms with E-state index in [0.717, 1.165) is 30.8 Å². The summed E-state index contributed by atoms with van der Waals surface area (Å²) in [5.41, 5.74) is 2.34. The monoisotopic (exact) mass is 297 g/mol. The second-order valence-corrected chi connectivity index (χ2v) is 5.54. The lowest BCUT2D eigenvalue weighted by atomic mass is 9.98. The lowest BCUT2D eigenvalue weighted by Gasteiger charge is -2.17. The Bertz CT molecular complexity index is 685. The van der Waals surface area contributed by atoms with Crippen LogP contribution in [0.3, 0.4) is 0 Å². The van der Waals surface area contributed by atoms with E-state index in [1.54, 1.807) is 12.1 Å². The molecular formula is C18H16ClNO. The van der Waals surface area contributed by atoms with Crippen LogP contribution < -0.4 is 0 Å². The molecule has 0 amide bonds. The summed E-state index contributed by atoms with van der Waals surface area (Å²) < 4.78 is 0. The van der Waals surface area contributed by atoms with Crippen LogP contribution in [0.5, 0.6) is 0 Å². The Morgan fingerprint density at radius 2 is 1.57 bits per heavy atom. The van der Waals surface area contributed by atoms with Gasteiger partial charge in [-0.05, 0) is 17.7 Å². The highest BCUT2D eigenvalue weighted by atomic mass is 35.5. The zero-order valence-corrected chi connectivity index (χ0v) is 12.4. The first-order chi connectivity index (χ1) is 10.3. The van der Waals surface area contributed by atoms with Crippen molar-refractivity contribution >= 4 is 17.4 Å². The van der Waals surface area contributed by atoms with Crippen molar-refractivity contribution in [3.05, 3.63) is 82.4 Å². The van der Waals surface area contributed by atoms with Crippen LogP contribution in [0.25, 0.3) is 0 Å². The summed E-state index contributed by atoms with van der Waals surface area (Å²) in [6, 6.07) is 15.0. The number of carbonyl (C=O) groups excluding carboxylic acids is 1. The van der Waals surface area contributed by atoms with Crippen molar-refractivity contribution in [2.45, 2.75) is 6.54 Å². The molecule has 1 aliphatic heterocycles.